The number of carbonyl (C=O) groups excluding carboxylic acids is 1. The molecule has 112 valence electrons. The summed E-state index contributed by atoms with van der Waals surface area (Å²) >= 11 is 0. The first kappa shape index (κ1) is 15.2. The van der Waals surface area contributed by atoms with Gasteiger partial charge < -0.3 is 14.6 Å². The molecule has 1 N–H and O–H groups in total. The maximum absolute atomic E-state index is 12.2. The van der Waals surface area contributed by atoms with Gasteiger partial charge in [0.25, 0.3) is 5.91 Å². The molecule has 0 unspecified atom stereocenters. The van der Waals surface area contributed by atoms with Gasteiger partial charge in [-0.3, -0.25) is 4.79 Å². The summed E-state index contributed by atoms with van der Waals surface area (Å²) < 4.78 is 5.39. The minimum Gasteiger partial charge on any atom is -0.466 e. The van der Waals surface area contributed by atoms with Gasteiger partial charge in [-0.2, -0.15) is 0 Å². The Labute approximate surface area is 125 Å². The molecule has 0 aliphatic heterocycles. The Balaban J connectivity index is 2.10. The summed E-state index contributed by atoms with van der Waals surface area (Å²) in [5.74, 6) is 1.25. The molecule has 0 aliphatic carbocycles. The molecule has 1 heterocycles. The normalized spacial score (nSPS) is 10.5. The fourth-order valence-electron chi connectivity index (χ4n) is 2.40. The number of benzene rings is 1. The molecule has 0 spiro atoms. The van der Waals surface area contributed by atoms with Crippen LogP contribution in [0.25, 0.3) is 0 Å². The van der Waals surface area contributed by atoms with E-state index in [-0.39, 0.29) is 5.91 Å². The highest BCUT2D eigenvalue weighted by atomic mass is 16.3. The molecule has 0 radical (unpaired) electrons. The first-order valence-electron chi connectivity index (χ1n) is 7.28. The minimum atomic E-state index is -0.139. The van der Waals surface area contributed by atoms with Gasteiger partial charge in [-0.15, -0.1) is 0 Å². The molecule has 2 aromatic rings. The fourth-order valence-corrected chi connectivity index (χ4v) is 2.40. The summed E-state index contributed by atoms with van der Waals surface area (Å²) in [6.07, 6.45) is 0. The molecule has 0 bridgehead atoms. The van der Waals surface area contributed by atoms with E-state index in [0.717, 1.165) is 30.2 Å². The van der Waals surface area contributed by atoms with E-state index in [2.05, 4.69) is 24.1 Å². The van der Waals surface area contributed by atoms with E-state index in [9.17, 15) is 4.79 Å². The van der Waals surface area contributed by atoms with E-state index in [4.69, 9.17) is 4.42 Å². The van der Waals surface area contributed by atoms with E-state index >= 15 is 0 Å². The summed E-state index contributed by atoms with van der Waals surface area (Å²) in [5, 5.41) is 2.90. The van der Waals surface area contributed by atoms with Crippen LogP contribution in [0.5, 0.6) is 0 Å². The fraction of sp³-hybridized carbons (Fsp3) is 0.353. The van der Waals surface area contributed by atoms with Gasteiger partial charge in [0.05, 0.1) is 5.56 Å². The number of amides is 1. The number of furan rings is 1. The van der Waals surface area contributed by atoms with Gasteiger partial charge in [-0.05, 0) is 58.0 Å². The summed E-state index contributed by atoms with van der Waals surface area (Å²) in [6.45, 7) is 9.83. The molecule has 0 saturated heterocycles. The monoisotopic (exact) mass is 286 g/mol. The van der Waals surface area contributed by atoms with Crippen LogP contribution in [0, 0.1) is 13.8 Å². The smallest absolute Gasteiger partial charge is 0.259 e. The Morgan fingerprint density at radius 3 is 2.24 bits per heavy atom. The van der Waals surface area contributed by atoms with E-state index < -0.39 is 0 Å². The Bertz CT molecular complexity index is 610. The third kappa shape index (κ3) is 3.45. The summed E-state index contributed by atoms with van der Waals surface area (Å²) in [6, 6.07) is 9.66. The highest BCUT2D eigenvalue weighted by molar-refractivity contribution is 6.05. The Morgan fingerprint density at radius 1 is 1.14 bits per heavy atom. The third-order valence-electron chi connectivity index (χ3n) is 3.54. The van der Waals surface area contributed by atoms with Crippen LogP contribution in [0.4, 0.5) is 11.4 Å². The first-order chi connectivity index (χ1) is 10.0. The summed E-state index contributed by atoms with van der Waals surface area (Å²) in [5.41, 5.74) is 2.53. The maximum Gasteiger partial charge on any atom is 0.259 e. The maximum atomic E-state index is 12.2. The second-order valence-corrected chi connectivity index (χ2v) is 5.00. The number of rotatable bonds is 5. The molecular formula is C17H22N2O2. The predicted molar refractivity (Wildman–Crippen MR) is 86.1 cm³/mol. The lowest BCUT2D eigenvalue weighted by Gasteiger charge is -2.21. The molecule has 0 saturated carbocycles. The van der Waals surface area contributed by atoms with Crippen molar-refractivity contribution >= 4 is 17.3 Å². The van der Waals surface area contributed by atoms with Gasteiger partial charge in [-0.1, -0.05) is 0 Å². The van der Waals surface area contributed by atoms with Crippen LogP contribution in [0.2, 0.25) is 0 Å². The van der Waals surface area contributed by atoms with E-state index in [1.807, 2.05) is 31.2 Å². The first-order valence-corrected chi connectivity index (χ1v) is 7.28. The largest absolute Gasteiger partial charge is 0.466 e. The average molecular weight is 286 g/mol. The van der Waals surface area contributed by atoms with E-state index in [0.29, 0.717) is 11.3 Å². The van der Waals surface area contributed by atoms with Crippen LogP contribution in [0.1, 0.15) is 35.7 Å². The number of anilines is 2. The van der Waals surface area contributed by atoms with Crippen molar-refractivity contribution in [3.8, 4) is 0 Å². The Hall–Kier alpha value is -2.23. The van der Waals surface area contributed by atoms with Crippen LogP contribution in [-0.4, -0.2) is 19.0 Å². The highest BCUT2D eigenvalue weighted by Crippen LogP contribution is 2.20. The Morgan fingerprint density at radius 2 is 1.76 bits per heavy atom. The molecule has 1 aromatic heterocycles. The molecule has 4 heteroatoms. The van der Waals surface area contributed by atoms with E-state index in [1.54, 1.807) is 13.0 Å². The van der Waals surface area contributed by atoms with Crippen LogP contribution in [-0.2, 0) is 0 Å². The zero-order chi connectivity index (χ0) is 15.4. The predicted octanol–water partition coefficient (Wildman–Crippen LogP) is 3.99. The third-order valence-corrected chi connectivity index (χ3v) is 3.54. The van der Waals surface area contributed by atoms with Crippen molar-refractivity contribution < 1.29 is 9.21 Å². The molecule has 0 fully saturated rings. The van der Waals surface area contributed by atoms with Crippen molar-refractivity contribution in [1.82, 2.24) is 0 Å². The van der Waals surface area contributed by atoms with Gasteiger partial charge in [0.2, 0.25) is 0 Å². The highest BCUT2D eigenvalue weighted by Gasteiger charge is 2.13. The van der Waals surface area contributed by atoms with Gasteiger partial charge >= 0.3 is 0 Å². The lowest BCUT2D eigenvalue weighted by molar-refractivity contribution is 0.102. The zero-order valence-electron chi connectivity index (χ0n) is 13.1. The van der Waals surface area contributed by atoms with Gasteiger partial charge in [0, 0.05) is 24.5 Å². The molecule has 0 aliphatic rings. The molecule has 0 atom stereocenters. The van der Waals surface area contributed by atoms with Crippen molar-refractivity contribution in [2.75, 3.05) is 23.3 Å². The van der Waals surface area contributed by atoms with Gasteiger partial charge in [0.15, 0.2) is 0 Å². The van der Waals surface area contributed by atoms with E-state index in [1.165, 1.54) is 0 Å². The number of carbonyl (C=O) groups is 1. The molecule has 1 amide bonds. The topological polar surface area (TPSA) is 45.5 Å². The van der Waals surface area contributed by atoms with Gasteiger partial charge in [0.1, 0.15) is 11.5 Å². The number of nitrogens with one attached hydrogen (secondary N) is 1. The zero-order valence-corrected chi connectivity index (χ0v) is 13.1. The lowest BCUT2D eigenvalue weighted by atomic mass is 10.2. The molecule has 21 heavy (non-hydrogen) atoms. The van der Waals surface area contributed by atoms with Crippen LogP contribution in [0.15, 0.2) is 34.7 Å². The summed E-state index contributed by atoms with van der Waals surface area (Å²) in [7, 11) is 0. The SMILES string of the molecule is CCN(CC)c1ccc(NC(=O)c2cc(C)oc2C)cc1. The molecule has 4 nitrogen and oxygen atoms in total. The lowest BCUT2D eigenvalue weighted by Crippen LogP contribution is -2.21. The summed E-state index contributed by atoms with van der Waals surface area (Å²) in [4.78, 5) is 14.5. The minimum absolute atomic E-state index is 0.139. The standard InChI is InChI=1S/C17H22N2O2/c1-5-19(6-2)15-9-7-14(8-10-15)18-17(20)16-11-12(3)21-13(16)4/h7-11H,5-6H2,1-4H3,(H,18,20). The number of hydrogen-bond acceptors (Lipinski definition) is 3. The van der Waals surface area contributed by atoms with Crippen molar-refractivity contribution in [1.29, 1.82) is 0 Å². The van der Waals surface area contributed by atoms with Crippen LogP contribution >= 0.6 is 0 Å². The van der Waals surface area contributed by atoms with Crippen molar-refractivity contribution in [2.45, 2.75) is 27.7 Å². The van der Waals surface area contributed by atoms with Crippen molar-refractivity contribution in [3.63, 3.8) is 0 Å². The second kappa shape index (κ2) is 6.48. The quantitative estimate of drug-likeness (QED) is 0.903. The van der Waals surface area contributed by atoms with Crippen LogP contribution < -0.4 is 10.2 Å². The molecular weight excluding hydrogens is 264 g/mol. The number of nitrogens with zero attached hydrogens (tertiary/aromatic N) is 1. The molecule has 1 aromatic carbocycles. The second-order valence-electron chi connectivity index (χ2n) is 5.00. The van der Waals surface area contributed by atoms with Crippen LogP contribution in [0.3, 0.4) is 0 Å². The molecule has 2 rings (SSSR count). The average Bonchev–Trinajstić information content (AvgIpc) is 2.81. The Kier molecular flexibility index (Phi) is 4.68. The number of hydrogen-bond donors (Lipinski definition) is 1. The van der Waals surface area contributed by atoms with Crippen molar-refractivity contribution in [2.24, 2.45) is 0 Å². The number of aryl methyl sites for hydroxylation is 2. The van der Waals surface area contributed by atoms with Gasteiger partial charge in [-0.25, -0.2) is 0 Å². The van der Waals surface area contributed by atoms with Crippen molar-refractivity contribution in [3.05, 3.63) is 47.4 Å².